The molecule has 0 aliphatic carbocycles. The smallest absolute Gasteiger partial charge is 0.105 e. The molecule has 110 valence electrons. The van der Waals surface area contributed by atoms with Crippen molar-refractivity contribution in [1.82, 2.24) is 9.80 Å². The van der Waals surface area contributed by atoms with Crippen LogP contribution in [0.1, 0.15) is 40.5 Å². The molecule has 0 spiro atoms. The number of hydrogen-bond donors (Lipinski definition) is 0. The van der Waals surface area contributed by atoms with Gasteiger partial charge in [0.1, 0.15) is 12.2 Å². The van der Waals surface area contributed by atoms with Gasteiger partial charge in [-0.2, -0.15) is 0 Å². The normalized spacial score (nSPS) is 15.3. The fourth-order valence-electron chi connectivity index (χ4n) is 1.57. The van der Waals surface area contributed by atoms with Crippen molar-refractivity contribution in [2.75, 3.05) is 40.3 Å². The monoisotopic (exact) mass is 260 g/mol. The molecule has 4 heteroatoms. The van der Waals surface area contributed by atoms with Crippen molar-refractivity contribution < 1.29 is 9.78 Å². The summed E-state index contributed by atoms with van der Waals surface area (Å²) in [6.45, 7) is 12.5. The van der Waals surface area contributed by atoms with Gasteiger partial charge < -0.3 is 9.80 Å². The summed E-state index contributed by atoms with van der Waals surface area (Å²) in [5, 5.41) is 0. The summed E-state index contributed by atoms with van der Waals surface area (Å²) in [4.78, 5) is 15.7. The number of hydrogen-bond acceptors (Lipinski definition) is 4. The van der Waals surface area contributed by atoms with Gasteiger partial charge in [0, 0.05) is 13.1 Å². The molecule has 0 aromatic heterocycles. The lowest BCUT2D eigenvalue weighted by Gasteiger charge is -2.25. The van der Waals surface area contributed by atoms with Gasteiger partial charge in [-0.15, -0.1) is 0 Å². The molecule has 18 heavy (non-hydrogen) atoms. The van der Waals surface area contributed by atoms with E-state index in [4.69, 9.17) is 9.78 Å². The van der Waals surface area contributed by atoms with Gasteiger partial charge >= 0.3 is 0 Å². The van der Waals surface area contributed by atoms with E-state index in [9.17, 15) is 0 Å². The highest BCUT2D eigenvalue weighted by Crippen LogP contribution is 2.07. The van der Waals surface area contributed by atoms with Gasteiger partial charge in [0.15, 0.2) is 0 Å². The van der Waals surface area contributed by atoms with Crippen molar-refractivity contribution in [3.8, 4) is 0 Å². The minimum absolute atomic E-state index is 0.163. The predicted molar refractivity (Wildman–Crippen MR) is 76.7 cm³/mol. The topological polar surface area (TPSA) is 24.9 Å². The van der Waals surface area contributed by atoms with Crippen LogP contribution in [0.15, 0.2) is 0 Å². The molecule has 0 aliphatic heterocycles. The molecule has 0 N–H and O–H groups in total. The molecule has 0 rings (SSSR count). The van der Waals surface area contributed by atoms with Gasteiger partial charge in [-0.25, -0.2) is 9.78 Å². The van der Waals surface area contributed by atoms with Gasteiger partial charge in [0.05, 0.1) is 0 Å². The molecule has 2 unspecified atom stereocenters. The maximum absolute atomic E-state index is 5.59. The molecule has 4 nitrogen and oxygen atoms in total. The van der Waals surface area contributed by atoms with Crippen LogP contribution in [0.3, 0.4) is 0 Å². The van der Waals surface area contributed by atoms with Gasteiger partial charge in [-0.05, 0) is 40.0 Å². The van der Waals surface area contributed by atoms with Crippen LogP contribution in [0.4, 0.5) is 0 Å². The van der Waals surface area contributed by atoms with Crippen LogP contribution in [0.25, 0.3) is 0 Å². The molecular weight excluding hydrogens is 228 g/mol. The van der Waals surface area contributed by atoms with E-state index in [1.165, 1.54) is 0 Å². The summed E-state index contributed by atoms with van der Waals surface area (Å²) in [7, 11) is 4.21. The average Bonchev–Trinajstić information content (AvgIpc) is 2.40. The third-order valence-corrected chi connectivity index (χ3v) is 3.35. The summed E-state index contributed by atoms with van der Waals surface area (Å²) >= 11 is 0. The van der Waals surface area contributed by atoms with Gasteiger partial charge in [0.2, 0.25) is 0 Å². The largest absolute Gasteiger partial charge is 0.304 e. The lowest BCUT2D eigenvalue weighted by Crippen LogP contribution is -2.35. The standard InChI is InChI=1S/C14H32N2O2/c1-7-13(11-15(5)9-3)17-18-14(8-2)12-16(6)10-4/h13-14H,7-12H2,1-6H3. The number of likely N-dealkylation sites (N-methyl/N-ethyl adjacent to an activating group) is 2. The molecule has 0 aliphatic rings. The van der Waals surface area contributed by atoms with Crippen LogP contribution in [-0.4, -0.2) is 62.3 Å². The minimum atomic E-state index is 0.163. The molecule has 0 radical (unpaired) electrons. The Bertz CT molecular complexity index is 171. The second-order valence-corrected chi connectivity index (χ2v) is 4.96. The van der Waals surface area contributed by atoms with E-state index in [0.29, 0.717) is 0 Å². The molecule has 0 aromatic carbocycles. The lowest BCUT2D eigenvalue weighted by atomic mass is 10.2. The summed E-state index contributed by atoms with van der Waals surface area (Å²) in [5.41, 5.74) is 0. The van der Waals surface area contributed by atoms with E-state index >= 15 is 0 Å². The van der Waals surface area contributed by atoms with E-state index in [1.54, 1.807) is 0 Å². The Morgan fingerprint density at radius 2 is 1.06 bits per heavy atom. The molecule has 0 aromatic rings. The Morgan fingerprint density at radius 3 is 1.28 bits per heavy atom. The van der Waals surface area contributed by atoms with Crippen LogP contribution in [0.2, 0.25) is 0 Å². The van der Waals surface area contributed by atoms with Crippen LogP contribution in [0, 0.1) is 0 Å². The molecule has 2 atom stereocenters. The van der Waals surface area contributed by atoms with Crippen LogP contribution in [0.5, 0.6) is 0 Å². The summed E-state index contributed by atoms with van der Waals surface area (Å²) < 4.78 is 0. The highest BCUT2D eigenvalue weighted by molar-refractivity contribution is 4.61. The van der Waals surface area contributed by atoms with Crippen molar-refractivity contribution in [3.63, 3.8) is 0 Å². The van der Waals surface area contributed by atoms with E-state index in [1.807, 2.05) is 0 Å². The Labute approximate surface area is 113 Å². The molecule has 0 fully saturated rings. The third-order valence-electron chi connectivity index (χ3n) is 3.35. The van der Waals surface area contributed by atoms with E-state index in [0.717, 1.165) is 39.0 Å². The zero-order chi connectivity index (χ0) is 14.0. The van der Waals surface area contributed by atoms with Crippen LogP contribution >= 0.6 is 0 Å². The summed E-state index contributed by atoms with van der Waals surface area (Å²) in [5.74, 6) is 0. The minimum Gasteiger partial charge on any atom is -0.304 e. The van der Waals surface area contributed by atoms with Crippen molar-refractivity contribution >= 4 is 0 Å². The predicted octanol–water partition coefficient (Wildman–Crippen LogP) is 2.40. The lowest BCUT2D eigenvalue weighted by molar-refractivity contribution is -0.353. The van der Waals surface area contributed by atoms with Crippen LogP contribution in [-0.2, 0) is 9.78 Å². The van der Waals surface area contributed by atoms with E-state index < -0.39 is 0 Å². The van der Waals surface area contributed by atoms with Crippen molar-refractivity contribution in [1.29, 1.82) is 0 Å². The maximum atomic E-state index is 5.59. The average molecular weight is 260 g/mol. The number of rotatable bonds is 11. The first-order valence-corrected chi connectivity index (χ1v) is 7.26. The Hall–Kier alpha value is -0.160. The van der Waals surface area contributed by atoms with Crippen LogP contribution < -0.4 is 0 Å². The fraction of sp³-hybridized carbons (Fsp3) is 1.00. The Kier molecular flexibility index (Phi) is 10.6. The number of nitrogens with zero attached hydrogens (tertiary/aromatic N) is 2. The van der Waals surface area contributed by atoms with Crippen molar-refractivity contribution in [3.05, 3.63) is 0 Å². The SMILES string of the molecule is CCC(CN(C)CC)OOC(CC)CN(C)CC. The molecule has 0 bridgehead atoms. The zero-order valence-corrected chi connectivity index (χ0v) is 13.1. The van der Waals surface area contributed by atoms with Gasteiger partial charge in [-0.3, -0.25) is 0 Å². The van der Waals surface area contributed by atoms with Gasteiger partial charge in [0.25, 0.3) is 0 Å². The maximum Gasteiger partial charge on any atom is 0.105 e. The highest BCUT2D eigenvalue weighted by Gasteiger charge is 2.15. The summed E-state index contributed by atoms with van der Waals surface area (Å²) in [6, 6.07) is 0. The molecule has 0 saturated carbocycles. The van der Waals surface area contributed by atoms with Crippen molar-refractivity contribution in [2.24, 2.45) is 0 Å². The zero-order valence-electron chi connectivity index (χ0n) is 13.1. The van der Waals surface area contributed by atoms with Gasteiger partial charge in [-0.1, -0.05) is 27.7 Å². The first-order valence-electron chi connectivity index (χ1n) is 7.26. The first kappa shape index (κ1) is 17.8. The Balaban J connectivity index is 3.99. The second-order valence-electron chi connectivity index (χ2n) is 4.96. The van der Waals surface area contributed by atoms with Crippen molar-refractivity contribution in [2.45, 2.75) is 52.7 Å². The van der Waals surface area contributed by atoms with E-state index in [-0.39, 0.29) is 12.2 Å². The summed E-state index contributed by atoms with van der Waals surface area (Å²) in [6.07, 6.45) is 2.28. The Morgan fingerprint density at radius 1 is 0.722 bits per heavy atom. The molecule has 0 saturated heterocycles. The fourth-order valence-corrected chi connectivity index (χ4v) is 1.57. The molecule has 0 amide bonds. The quantitative estimate of drug-likeness (QED) is 0.421. The highest BCUT2D eigenvalue weighted by atomic mass is 17.2. The molecule has 0 heterocycles. The first-order chi connectivity index (χ1) is 8.57. The molecular formula is C14H32N2O2. The van der Waals surface area contributed by atoms with E-state index in [2.05, 4.69) is 51.6 Å². The second kappa shape index (κ2) is 10.7. The third kappa shape index (κ3) is 8.03.